The summed E-state index contributed by atoms with van der Waals surface area (Å²) in [6, 6.07) is 10.1. The van der Waals surface area contributed by atoms with Crippen LogP contribution in [0.2, 0.25) is 0 Å². The van der Waals surface area contributed by atoms with Crippen molar-refractivity contribution in [1.29, 1.82) is 0 Å². The first-order valence-electron chi connectivity index (χ1n) is 5.22. The van der Waals surface area contributed by atoms with Crippen LogP contribution < -0.4 is 9.58 Å². The first-order chi connectivity index (χ1) is 8.70. The normalized spacial score (nSPS) is 10.5. The monoisotopic (exact) mass is 258 g/mol. The Labute approximate surface area is 109 Å². The number of aryl methyl sites for hydroxylation is 1. The molecular weight excluding hydrogens is 246 g/mol. The summed E-state index contributed by atoms with van der Waals surface area (Å²) in [6.07, 6.45) is 5.31. The fourth-order valence-electron chi connectivity index (χ4n) is 1.27. The van der Waals surface area contributed by atoms with Gasteiger partial charge < -0.3 is 4.90 Å². The topological polar surface area (TPSA) is 44.7 Å². The summed E-state index contributed by atoms with van der Waals surface area (Å²) in [5, 5.41) is 13.0. The molecule has 1 heterocycles. The second-order valence-corrected chi connectivity index (χ2v) is 4.36. The average Bonchev–Trinajstić information content (AvgIpc) is 2.81. The summed E-state index contributed by atoms with van der Waals surface area (Å²) >= 11 is 1.44. The van der Waals surface area contributed by atoms with E-state index in [1.807, 2.05) is 38.4 Å². The van der Waals surface area contributed by atoms with Gasteiger partial charge in [0.1, 0.15) is 18.2 Å². The number of rotatable bonds is 3. The van der Waals surface area contributed by atoms with Crippen molar-refractivity contribution in [2.45, 2.75) is 0 Å². The summed E-state index contributed by atoms with van der Waals surface area (Å²) < 4.78 is 1.68. The first-order valence-corrected chi connectivity index (χ1v) is 6.10. The molecule has 0 bridgehead atoms. The van der Waals surface area contributed by atoms with Gasteiger partial charge in [-0.3, -0.25) is 0 Å². The Morgan fingerprint density at radius 1 is 1.33 bits per heavy atom. The fourth-order valence-corrected chi connectivity index (χ4v) is 1.84. The van der Waals surface area contributed by atoms with Crippen molar-refractivity contribution < 1.29 is 4.68 Å². The third-order valence-electron chi connectivity index (χ3n) is 2.34. The van der Waals surface area contributed by atoms with E-state index in [2.05, 4.69) is 21.4 Å². The lowest BCUT2D eigenvalue weighted by Crippen LogP contribution is -2.28. The summed E-state index contributed by atoms with van der Waals surface area (Å²) in [5.41, 5.74) is 3.44. The van der Waals surface area contributed by atoms with Gasteiger partial charge in [-0.2, -0.15) is 0 Å². The minimum atomic E-state index is 0.750. The molecule has 90 valence electrons. The zero-order valence-electron chi connectivity index (χ0n) is 10.1. The predicted octanol–water partition coefficient (Wildman–Crippen LogP) is 2.41. The Kier molecular flexibility index (Phi) is 3.65. The molecule has 0 aliphatic rings. The van der Waals surface area contributed by atoms with Gasteiger partial charge in [-0.25, -0.2) is 0 Å². The third kappa shape index (κ3) is 2.70. The van der Waals surface area contributed by atoms with Crippen LogP contribution in [0, 0.1) is 12.5 Å². The number of terminal acetylenes is 1. The molecule has 5 nitrogen and oxygen atoms in total. The van der Waals surface area contributed by atoms with Gasteiger partial charge in [0.05, 0.1) is 5.11 Å². The quantitative estimate of drug-likeness (QED) is 0.367. The van der Waals surface area contributed by atoms with Gasteiger partial charge in [0, 0.05) is 18.8 Å². The van der Waals surface area contributed by atoms with Crippen molar-refractivity contribution in [3.63, 3.8) is 0 Å². The molecule has 0 aliphatic carbocycles. The number of anilines is 1. The highest BCUT2D eigenvalue weighted by atomic mass is 32.1. The molecular formula is C12H12N5S+. The standard InChI is InChI=1S/C12H12N5S/c1-4-16(2)11-7-5-10(6-8-11)14-15-12-17(3)13-9-18-12/h1,5-9H,2-3H3/q+1. The van der Waals surface area contributed by atoms with E-state index in [9.17, 15) is 0 Å². The highest BCUT2D eigenvalue weighted by Crippen LogP contribution is 2.21. The van der Waals surface area contributed by atoms with Crippen LogP contribution in [0.1, 0.15) is 0 Å². The van der Waals surface area contributed by atoms with Gasteiger partial charge in [0.2, 0.25) is 0 Å². The van der Waals surface area contributed by atoms with Gasteiger partial charge in [-0.05, 0) is 40.7 Å². The number of hydrogen-bond acceptors (Lipinski definition) is 5. The molecule has 1 aromatic carbocycles. The molecule has 0 aliphatic heterocycles. The minimum Gasteiger partial charge on any atom is -0.305 e. The molecule has 0 saturated carbocycles. The number of nitrogens with zero attached hydrogens (tertiary/aromatic N) is 5. The average molecular weight is 258 g/mol. The lowest BCUT2D eigenvalue weighted by Gasteiger charge is -2.09. The van der Waals surface area contributed by atoms with Crippen LogP contribution in [0.15, 0.2) is 40.0 Å². The molecule has 0 N–H and O–H groups in total. The Balaban J connectivity index is 2.14. The molecule has 0 saturated heterocycles. The van der Waals surface area contributed by atoms with E-state index in [4.69, 9.17) is 6.42 Å². The van der Waals surface area contributed by atoms with Gasteiger partial charge in [-0.15, -0.1) is 4.68 Å². The minimum absolute atomic E-state index is 0.750. The molecule has 0 spiro atoms. The Hall–Kier alpha value is -2.26. The maximum absolute atomic E-state index is 5.31. The summed E-state index contributed by atoms with van der Waals surface area (Å²) in [5.74, 6) is 0. The van der Waals surface area contributed by atoms with Crippen LogP contribution in [-0.4, -0.2) is 12.1 Å². The lowest BCUT2D eigenvalue weighted by molar-refractivity contribution is -0.713. The van der Waals surface area contributed by atoms with Gasteiger partial charge >= 0.3 is 5.13 Å². The van der Waals surface area contributed by atoms with E-state index in [1.54, 1.807) is 15.1 Å². The van der Waals surface area contributed by atoms with Crippen molar-refractivity contribution in [2.75, 3.05) is 11.9 Å². The van der Waals surface area contributed by atoms with E-state index in [0.717, 1.165) is 16.5 Å². The molecule has 0 atom stereocenters. The maximum Gasteiger partial charge on any atom is 0.429 e. The second-order valence-electron chi connectivity index (χ2n) is 3.55. The SMILES string of the molecule is C#CN(C)c1ccc(/N=N/c2scn[n+]2C)cc1. The predicted molar refractivity (Wildman–Crippen MR) is 71.1 cm³/mol. The van der Waals surface area contributed by atoms with Crippen LogP contribution in [0.5, 0.6) is 0 Å². The van der Waals surface area contributed by atoms with Crippen LogP contribution in [-0.2, 0) is 7.05 Å². The van der Waals surface area contributed by atoms with E-state index in [1.165, 1.54) is 11.3 Å². The molecule has 0 radical (unpaired) electrons. The van der Waals surface area contributed by atoms with Crippen LogP contribution in [0.4, 0.5) is 16.5 Å². The molecule has 0 amide bonds. The van der Waals surface area contributed by atoms with Crippen LogP contribution >= 0.6 is 11.3 Å². The molecule has 1 aromatic heterocycles. The van der Waals surface area contributed by atoms with Gasteiger partial charge in [-0.1, -0.05) is 11.5 Å². The molecule has 2 aromatic rings. The Morgan fingerprint density at radius 2 is 2.06 bits per heavy atom. The van der Waals surface area contributed by atoms with E-state index in [0.29, 0.717) is 0 Å². The molecule has 0 fully saturated rings. The van der Waals surface area contributed by atoms with Crippen molar-refractivity contribution in [2.24, 2.45) is 17.3 Å². The number of hydrogen-bond donors (Lipinski definition) is 0. The molecule has 0 unspecified atom stereocenters. The van der Waals surface area contributed by atoms with E-state index >= 15 is 0 Å². The second kappa shape index (κ2) is 5.38. The van der Waals surface area contributed by atoms with E-state index in [-0.39, 0.29) is 0 Å². The van der Waals surface area contributed by atoms with Crippen molar-refractivity contribution in [3.8, 4) is 12.5 Å². The highest BCUT2D eigenvalue weighted by molar-refractivity contribution is 7.12. The highest BCUT2D eigenvalue weighted by Gasteiger charge is 2.08. The summed E-state index contributed by atoms with van der Waals surface area (Å²) in [6.45, 7) is 0. The van der Waals surface area contributed by atoms with E-state index < -0.39 is 0 Å². The summed E-state index contributed by atoms with van der Waals surface area (Å²) in [4.78, 5) is 1.70. The van der Waals surface area contributed by atoms with Crippen molar-refractivity contribution in [3.05, 3.63) is 29.8 Å². The molecule has 6 heteroatoms. The smallest absolute Gasteiger partial charge is 0.305 e. The fraction of sp³-hybridized carbons (Fsp3) is 0.167. The summed E-state index contributed by atoms with van der Waals surface area (Å²) in [7, 11) is 3.66. The van der Waals surface area contributed by atoms with Gasteiger partial charge in [0.15, 0.2) is 0 Å². The largest absolute Gasteiger partial charge is 0.429 e. The van der Waals surface area contributed by atoms with Crippen LogP contribution in [0.3, 0.4) is 0 Å². The Morgan fingerprint density at radius 3 is 2.61 bits per heavy atom. The molecule has 18 heavy (non-hydrogen) atoms. The van der Waals surface area contributed by atoms with Crippen molar-refractivity contribution in [1.82, 2.24) is 5.10 Å². The zero-order valence-corrected chi connectivity index (χ0v) is 10.9. The molecule has 2 rings (SSSR count). The van der Waals surface area contributed by atoms with Crippen molar-refractivity contribution >= 4 is 27.8 Å². The van der Waals surface area contributed by atoms with Crippen LogP contribution in [0.25, 0.3) is 0 Å². The van der Waals surface area contributed by atoms with Gasteiger partial charge in [0.25, 0.3) is 0 Å². The zero-order chi connectivity index (χ0) is 13.0. The maximum atomic E-state index is 5.31. The first kappa shape index (κ1) is 12.2. The Bertz CT molecular complexity index is 594. The number of azo groups is 1. The number of benzene rings is 1. The lowest BCUT2D eigenvalue weighted by atomic mass is 10.3. The third-order valence-corrected chi connectivity index (χ3v) is 3.09. The number of aromatic nitrogens is 2.